The number of halogens is 2. The van der Waals surface area contributed by atoms with Gasteiger partial charge in [-0.3, -0.25) is 14.4 Å². The normalized spacial score (nSPS) is 20.2. The van der Waals surface area contributed by atoms with Crippen LogP contribution in [0.5, 0.6) is 0 Å². The molecule has 3 rings (SSSR count). The quantitative estimate of drug-likeness (QED) is 0.584. The second-order valence-electron chi connectivity index (χ2n) is 7.93. The summed E-state index contributed by atoms with van der Waals surface area (Å²) in [5, 5.41) is 15.4. The van der Waals surface area contributed by atoms with Gasteiger partial charge in [0.1, 0.15) is 0 Å². The standard InChI is InChI=1S/C22H24Cl2N2O4S/c1-12-11-26(7-5-16(12)22(30)25-13(2)9-18(28)29)17(27)4-3-14-10-15-6-8-31-21(15)20(24)19(14)23/h3-4,6,8,10,12-13,16H,5,7,9,11H2,1-2H3,(H,25,30)(H,28,29)/b4-3+/t12?,13-,16?/m0/s1. The van der Waals surface area contributed by atoms with Gasteiger partial charge >= 0.3 is 5.97 Å². The Morgan fingerprint density at radius 1 is 1.35 bits per heavy atom. The van der Waals surface area contributed by atoms with E-state index in [-0.39, 0.29) is 30.1 Å². The fourth-order valence-corrected chi connectivity index (χ4v) is 5.29. The molecule has 166 valence electrons. The molecule has 9 heteroatoms. The van der Waals surface area contributed by atoms with Gasteiger partial charge in [-0.05, 0) is 53.8 Å². The Bertz CT molecular complexity index is 1040. The number of fused-ring (bicyclic) bond motifs is 1. The van der Waals surface area contributed by atoms with Crippen LogP contribution in [0.25, 0.3) is 16.2 Å². The number of carbonyl (C=O) groups excluding carboxylic acids is 2. The molecule has 0 radical (unpaired) electrons. The van der Waals surface area contributed by atoms with Crippen molar-refractivity contribution in [2.45, 2.75) is 32.7 Å². The molecule has 31 heavy (non-hydrogen) atoms. The number of carbonyl (C=O) groups is 3. The average Bonchev–Trinajstić information content (AvgIpc) is 3.17. The molecule has 1 aliphatic rings. The fraction of sp³-hybridized carbons (Fsp3) is 0.409. The molecule has 1 aromatic heterocycles. The maximum absolute atomic E-state index is 12.7. The molecule has 0 bridgehead atoms. The van der Waals surface area contributed by atoms with Crippen molar-refractivity contribution in [2.75, 3.05) is 13.1 Å². The first-order valence-corrected chi connectivity index (χ1v) is 11.6. The molecule has 1 aliphatic heterocycles. The van der Waals surface area contributed by atoms with Gasteiger partial charge in [0, 0.05) is 31.1 Å². The van der Waals surface area contributed by atoms with Crippen molar-refractivity contribution in [2.24, 2.45) is 11.8 Å². The van der Waals surface area contributed by atoms with Crippen molar-refractivity contribution in [3.05, 3.63) is 39.2 Å². The summed E-state index contributed by atoms with van der Waals surface area (Å²) in [6, 6.07) is 3.43. The molecule has 0 saturated carbocycles. The number of hydrogen-bond acceptors (Lipinski definition) is 4. The minimum Gasteiger partial charge on any atom is -0.481 e. The molecule has 1 saturated heterocycles. The molecule has 0 aliphatic carbocycles. The number of amides is 2. The van der Waals surface area contributed by atoms with Crippen molar-refractivity contribution < 1.29 is 19.5 Å². The number of thiophene rings is 1. The van der Waals surface area contributed by atoms with E-state index in [1.54, 1.807) is 17.9 Å². The highest BCUT2D eigenvalue weighted by molar-refractivity contribution is 7.18. The number of carboxylic acids is 1. The van der Waals surface area contributed by atoms with Crippen LogP contribution in [0, 0.1) is 11.8 Å². The lowest BCUT2D eigenvalue weighted by Crippen LogP contribution is -2.48. The third kappa shape index (κ3) is 5.59. The van der Waals surface area contributed by atoms with E-state index in [0.717, 1.165) is 10.1 Å². The molecule has 1 fully saturated rings. The summed E-state index contributed by atoms with van der Waals surface area (Å²) >= 11 is 14.2. The molecular formula is C22H24Cl2N2O4S. The van der Waals surface area contributed by atoms with E-state index in [1.807, 2.05) is 24.4 Å². The number of piperidine rings is 1. The Kier molecular flexibility index (Phi) is 7.62. The van der Waals surface area contributed by atoms with Crippen LogP contribution in [0.15, 0.2) is 23.6 Å². The first kappa shape index (κ1) is 23.6. The first-order chi connectivity index (χ1) is 14.7. The van der Waals surface area contributed by atoms with Gasteiger partial charge in [-0.2, -0.15) is 0 Å². The summed E-state index contributed by atoms with van der Waals surface area (Å²) in [6.07, 6.45) is 3.56. The first-order valence-electron chi connectivity index (χ1n) is 10.0. The van der Waals surface area contributed by atoms with Crippen LogP contribution >= 0.6 is 34.5 Å². The Hall–Kier alpha value is -2.09. The van der Waals surface area contributed by atoms with Gasteiger partial charge in [0.05, 0.1) is 21.2 Å². The SMILES string of the molecule is CC1CN(C(=O)/C=C/c2cc3ccsc3c(Cl)c2Cl)CCC1C(=O)N[C@@H](C)CC(=O)O. The average molecular weight is 483 g/mol. The number of carboxylic acid groups (broad SMARTS) is 1. The molecule has 2 aromatic rings. The Balaban J connectivity index is 1.61. The zero-order chi connectivity index (χ0) is 22.7. The third-order valence-electron chi connectivity index (χ3n) is 5.48. The van der Waals surface area contributed by atoms with Gasteiger partial charge in [0.2, 0.25) is 11.8 Å². The smallest absolute Gasteiger partial charge is 0.305 e. The minimum absolute atomic E-state index is 0.0386. The number of nitrogens with zero attached hydrogens (tertiary/aromatic N) is 1. The second kappa shape index (κ2) is 10.0. The number of likely N-dealkylation sites (tertiary alicyclic amines) is 1. The second-order valence-corrected chi connectivity index (χ2v) is 9.60. The van der Waals surface area contributed by atoms with Gasteiger partial charge in [-0.1, -0.05) is 30.1 Å². The van der Waals surface area contributed by atoms with Crippen molar-refractivity contribution in [1.82, 2.24) is 10.2 Å². The van der Waals surface area contributed by atoms with E-state index in [9.17, 15) is 14.4 Å². The Morgan fingerprint density at radius 2 is 2.10 bits per heavy atom. The van der Waals surface area contributed by atoms with E-state index in [0.29, 0.717) is 35.1 Å². The van der Waals surface area contributed by atoms with Crippen LogP contribution in [0.4, 0.5) is 0 Å². The molecule has 2 unspecified atom stereocenters. The molecule has 2 N–H and O–H groups in total. The summed E-state index contributed by atoms with van der Waals surface area (Å²) in [5.74, 6) is -1.55. The predicted molar refractivity (Wildman–Crippen MR) is 125 cm³/mol. The Labute approximate surface area is 194 Å². The summed E-state index contributed by atoms with van der Waals surface area (Å²) in [4.78, 5) is 37.7. The van der Waals surface area contributed by atoms with Gasteiger partial charge in [0.25, 0.3) is 0 Å². The van der Waals surface area contributed by atoms with E-state index < -0.39 is 12.0 Å². The summed E-state index contributed by atoms with van der Waals surface area (Å²) in [5.41, 5.74) is 0.681. The van der Waals surface area contributed by atoms with Gasteiger partial charge in [-0.25, -0.2) is 0 Å². The lowest BCUT2D eigenvalue weighted by Gasteiger charge is -2.36. The van der Waals surface area contributed by atoms with Gasteiger partial charge < -0.3 is 15.3 Å². The lowest BCUT2D eigenvalue weighted by molar-refractivity contribution is -0.138. The molecule has 2 heterocycles. The van der Waals surface area contributed by atoms with Gasteiger partial charge in [0.15, 0.2) is 0 Å². The number of benzene rings is 1. The van der Waals surface area contributed by atoms with Crippen molar-refractivity contribution in [1.29, 1.82) is 0 Å². The highest BCUT2D eigenvalue weighted by Crippen LogP contribution is 2.37. The highest BCUT2D eigenvalue weighted by atomic mass is 35.5. The lowest BCUT2D eigenvalue weighted by atomic mass is 9.86. The number of nitrogens with one attached hydrogen (secondary N) is 1. The fourth-order valence-electron chi connectivity index (χ4n) is 3.85. The van der Waals surface area contributed by atoms with Gasteiger partial charge in [-0.15, -0.1) is 11.3 Å². The predicted octanol–water partition coefficient (Wildman–Crippen LogP) is 4.69. The van der Waals surface area contributed by atoms with Crippen molar-refractivity contribution in [3.8, 4) is 0 Å². The highest BCUT2D eigenvalue weighted by Gasteiger charge is 2.33. The minimum atomic E-state index is -0.951. The van der Waals surface area contributed by atoms with Crippen molar-refractivity contribution in [3.63, 3.8) is 0 Å². The molecule has 1 aromatic carbocycles. The van der Waals surface area contributed by atoms with Crippen LogP contribution in [-0.4, -0.2) is 46.9 Å². The Morgan fingerprint density at radius 3 is 2.77 bits per heavy atom. The monoisotopic (exact) mass is 482 g/mol. The third-order valence-corrected chi connectivity index (χ3v) is 7.42. The molecule has 0 spiro atoms. The molecule has 6 nitrogen and oxygen atoms in total. The van der Waals surface area contributed by atoms with Crippen LogP contribution in [0.1, 0.15) is 32.3 Å². The molecule has 2 amide bonds. The number of aliphatic carboxylic acids is 1. The van der Waals surface area contributed by atoms with E-state index in [2.05, 4.69) is 5.32 Å². The van der Waals surface area contributed by atoms with Crippen LogP contribution in [0.3, 0.4) is 0 Å². The molecular weight excluding hydrogens is 459 g/mol. The zero-order valence-corrected chi connectivity index (χ0v) is 19.6. The summed E-state index contributed by atoms with van der Waals surface area (Å²) in [6.45, 7) is 4.50. The maximum Gasteiger partial charge on any atom is 0.305 e. The van der Waals surface area contributed by atoms with E-state index in [4.69, 9.17) is 28.3 Å². The zero-order valence-electron chi connectivity index (χ0n) is 17.2. The summed E-state index contributed by atoms with van der Waals surface area (Å²) in [7, 11) is 0. The number of hydrogen-bond donors (Lipinski definition) is 2. The van der Waals surface area contributed by atoms with Crippen LogP contribution < -0.4 is 5.32 Å². The van der Waals surface area contributed by atoms with Crippen LogP contribution in [-0.2, 0) is 14.4 Å². The van der Waals surface area contributed by atoms with E-state index in [1.165, 1.54) is 17.4 Å². The maximum atomic E-state index is 12.7. The molecule has 3 atom stereocenters. The number of rotatable bonds is 6. The largest absolute Gasteiger partial charge is 0.481 e. The van der Waals surface area contributed by atoms with Crippen molar-refractivity contribution >= 4 is 68.5 Å². The van der Waals surface area contributed by atoms with E-state index >= 15 is 0 Å². The summed E-state index contributed by atoms with van der Waals surface area (Å²) < 4.78 is 0.919. The van der Waals surface area contributed by atoms with Crippen LogP contribution in [0.2, 0.25) is 10.0 Å². The topological polar surface area (TPSA) is 86.7 Å².